The Kier molecular flexibility index (Phi) is 4.41. The van der Waals surface area contributed by atoms with E-state index in [2.05, 4.69) is 28.2 Å². The third-order valence-electron chi connectivity index (χ3n) is 4.79. The lowest BCUT2D eigenvalue weighted by atomic mass is 10.0. The van der Waals surface area contributed by atoms with Crippen LogP contribution in [0.4, 0.5) is 0 Å². The molecule has 0 aromatic carbocycles. The highest BCUT2D eigenvalue weighted by molar-refractivity contribution is 7.10. The van der Waals surface area contributed by atoms with Gasteiger partial charge >= 0.3 is 0 Å². The van der Waals surface area contributed by atoms with Gasteiger partial charge in [-0.25, -0.2) is 0 Å². The minimum Gasteiger partial charge on any atom is -0.338 e. The zero-order valence-electron chi connectivity index (χ0n) is 12.3. The first kappa shape index (κ1) is 14.1. The van der Waals surface area contributed by atoms with Crippen LogP contribution < -0.4 is 0 Å². The van der Waals surface area contributed by atoms with Crippen LogP contribution in [0.15, 0.2) is 17.5 Å². The van der Waals surface area contributed by atoms with E-state index in [4.69, 9.17) is 0 Å². The molecule has 0 aliphatic carbocycles. The van der Waals surface area contributed by atoms with E-state index >= 15 is 0 Å². The molecule has 2 aliphatic rings. The third-order valence-corrected chi connectivity index (χ3v) is 5.67. The second-order valence-corrected chi connectivity index (χ2v) is 6.92. The molecule has 3 nitrogen and oxygen atoms in total. The number of thiophene rings is 1. The average molecular weight is 292 g/mol. The third kappa shape index (κ3) is 2.77. The van der Waals surface area contributed by atoms with Crippen molar-refractivity contribution >= 4 is 17.2 Å². The number of hydrogen-bond acceptors (Lipinski definition) is 3. The van der Waals surface area contributed by atoms with Crippen LogP contribution in [0.25, 0.3) is 0 Å². The minimum absolute atomic E-state index is 0.331. The maximum atomic E-state index is 12.6. The lowest BCUT2D eigenvalue weighted by Gasteiger charge is -2.34. The highest BCUT2D eigenvalue weighted by Crippen LogP contribution is 2.30. The van der Waals surface area contributed by atoms with Crippen LogP contribution in [0, 0.1) is 0 Å². The van der Waals surface area contributed by atoms with E-state index in [-0.39, 0.29) is 0 Å². The van der Waals surface area contributed by atoms with Crippen LogP contribution in [0.3, 0.4) is 0 Å². The summed E-state index contributed by atoms with van der Waals surface area (Å²) in [5, 5.41) is 2.06. The van der Waals surface area contributed by atoms with Gasteiger partial charge in [0.05, 0.1) is 6.42 Å². The number of nitrogens with zero attached hydrogens (tertiary/aromatic N) is 2. The molecule has 2 fully saturated rings. The molecule has 2 saturated heterocycles. The zero-order valence-corrected chi connectivity index (χ0v) is 13.1. The molecule has 1 aromatic rings. The molecule has 2 unspecified atom stereocenters. The van der Waals surface area contributed by atoms with Crippen molar-refractivity contribution < 1.29 is 4.79 Å². The van der Waals surface area contributed by atoms with Gasteiger partial charge in [0.1, 0.15) is 0 Å². The van der Waals surface area contributed by atoms with Gasteiger partial charge in [-0.2, -0.15) is 0 Å². The predicted molar refractivity (Wildman–Crippen MR) is 83.0 cm³/mol. The standard InChI is InChI=1S/C16H24N2OS/c1-2-17-9-3-7-14(17)15-8-4-10-18(15)16(19)12-13-6-5-11-20-13/h5-6,11,14-15H,2-4,7-10,12H2,1H3. The molecule has 2 aliphatic heterocycles. The Hall–Kier alpha value is -0.870. The topological polar surface area (TPSA) is 23.6 Å². The Morgan fingerprint density at radius 3 is 2.85 bits per heavy atom. The summed E-state index contributed by atoms with van der Waals surface area (Å²) < 4.78 is 0. The first-order chi connectivity index (χ1) is 9.79. The Balaban J connectivity index is 1.67. The summed E-state index contributed by atoms with van der Waals surface area (Å²) in [5.41, 5.74) is 0. The number of hydrogen-bond donors (Lipinski definition) is 0. The van der Waals surface area contributed by atoms with Crippen LogP contribution in [-0.2, 0) is 11.2 Å². The smallest absolute Gasteiger partial charge is 0.228 e. The lowest BCUT2D eigenvalue weighted by Crippen LogP contribution is -2.48. The number of carbonyl (C=O) groups is 1. The van der Waals surface area contributed by atoms with Crippen molar-refractivity contribution in [1.29, 1.82) is 0 Å². The molecule has 4 heteroatoms. The molecule has 0 radical (unpaired) electrons. The van der Waals surface area contributed by atoms with Crippen LogP contribution in [0.2, 0.25) is 0 Å². The first-order valence-electron chi connectivity index (χ1n) is 7.85. The molecule has 1 aromatic heterocycles. The van der Waals surface area contributed by atoms with Crippen LogP contribution in [-0.4, -0.2) is 47.4 Å². The van der Waals surface area contributed by atoms with Crippen molar-refractivity contribution in [2.45, 2.75) is 51.1 Å². The fourth-order valence-electron chi connectivity index (χ4n) is 3.85. The molecule has 20 heavy (non-hydrogen) atoms. The summed E-state index contributed by atoms with van der Waals surface area (Å²) in [7, 11) is 0. The van der Waals surface area contributed by atoms with Gasteiger partial charge in [-0.05, 0) is 50.2 Å². The predicted octanol–water partition coefficient (Wildman–Crippen LogP) is 2.77. The van der Waals surface area contributed by atoms with E-state index in [1.54, 1.807) is 11.3 Å². The van der Waals surface area contributed by atoms with Crippen LogP contribution in [0.5, 0.6) is 0 Å². The molecule has 0 saturated carbocycles. The summed E-state index contributed by atoms with van der Waals surface area (Å²) in [6.45, 7) is 5.53. The van der Waals surface area contributed by atoms with Gasteiger partial charge in [0.15, 0.2) is 0 Å². The van der Waals surface area contributed by atoms with E-state index in [1.807, 2.05) is 6.07 Å². The second kappa shape index (κ2) is 6.27. The fourth-order valence-corrected chi connectivity index (χ4v) is 4.54. The van der Waals surface area contributed by atoms with Gasteiger partial charge < -0.3 is 4.90 Å². The summed E-state index contributed by atoms with van der Waals surface area (Å²) in [5.74, 6) is 0.331. The van der Waals surface area contributed by atoms with Gasteiger partial charge in [0, 0.05) is 23.5 Å². The highest BCUT2D eigenvalue weighted by Gasteiger charge is 2.38. The fraction of sp³-hybridized carbons (Fsp3) is 0.688. The first-order valence-corrected chi connectivity index (χ1v) is 8.73. The summed E-state index contributed by atoms with van der Waals surface area (Å²) in [6, 6.07) is 5.17. The zero-order chi connectivity index (χ0) is 13.9. The molecular weight excluding hydrogens is 268 g/mol. The van der Waals surface area contributed by atoms with Crippen molar-refractivity contribution in [1.82, 2.24) is 9.80 Å². The van der Waals surface area contributed by atoms with Crippen molar-refractivity contribution in [2.24, 2.45) is 0 Å². The van der Waals surface area contributed by atoms with Crippen molar-refractivity contribution in [3.63, 3.8) is 0 Å². The number of carbonyl (C=O) groups excluding carboxylic acids is 1. The second-order valence-electron chi connectivity index (χ2n) is 5.89. The SMILES string of the molecule is CCN1CCCC1C1CCCN1C(=O)Cc1cccs1. The van der Waals surface area contributed by atoms with Gasteiger partial charge in [0.2, 0.25) is 5.91 Å². The molecular formula is C16H24N2OS. The van der Waals surface area contributed by atoms with Crippen LogP contribution >= 0.6 is 11.3 Å². The van der Waals surface area contributed by atoms with E-state index in [0.29, 0.717) is 24.4 Å². The minimum atomic E-state index is 0.331. The Morgan fingerprint density at radius 1 is 1.30 bits per heavy atom. The summed E-state index contributed by atoms with van der Waals surface area (Å²) in [4.78, 5) is 18.5. The maximum absolute atomic E-state index is 12.6. The Bertz CT molecular complexity index is 445. The highest BCUT2D eigenvalue weighted by atomic mass is 32.1. The molecule has 1 amide bonds. The van der Waals surface area contributed by atoms with Gasteiger partial charge in [-0.3, -0.25) is 9.69 Å². The van der Waals surface area contributed by atoms with E-state index in [1.165, 1.54) is 37.1 Å². The molecule has 2 atom stereocenters. The van der Waals surface area contributed by atoms with Gasteiger partial charge in [-0.15, -0.1) is 11.3 Å². The van der Waals surface area contributed by atoms with Crippen molar-refractivity contribution in [2.75, 3.05) is 19.6 Å². The van der Waals surface area contributed by atoms with Crippen molar-refractivity contribution in [3.05, 3.63) is 22.4 Å². The molecule has 3 rings (SSSR count). The largest absolute Gasteiger partial charge is 0.338 e. The normalized spacial score (nSPS) is 27.4. The molecule has 110 valence electrons. The average Bonchev–Trinajstić information content (AvgIpc) is 3.18. The van der Waals surface area contributed by atoms with Gasteiger partial charge in [-0.1, -0.05) is 13.0 Å². The van der Waals surface area contributed by atoms with E-state index in [9.17, 15) is 4.79 Å². The number of likely N-dealkylation sites (tertiary alicyclic amines) is 2. The quantitative estimate of drug-likeness (QED) is 0.852. The number of likely N-dealkylation sites (N-methyl/N-ethyl adjacent to an activating group) is 1. The summed E-state index contributed by atoms with van der Waals surface area (Å²) in [6.07, 6.45) is 5.52. The molecule has 0 bridgehead atoms. The van der Waals surface area contributed by atoms with Crippen LogP contribution in [0.1, 0.15) is 37.5 Å². The monoisotopic (exact) mass is 292 g/mol. The maximum Gasteiger partial charge on any atom is 0.228 e. The van der Waals surface area contributed by atoms with Gasteiger partial charge in [0.25, 0.3) is 0 Å². The summed E-state index contributed by atoms with van der Waals surface area (Å²) >= 11 is 1.69. The Labute approximate surface area is 125 Å². The molecule has 0 N–H and O–H groups in total. The van der Waals surface area contributed by atoms with E-state index in [0.717, 1.165) is 13.1 Å². The van der Waals surface area contributed by atoms with Crippen molar-refractivity contribution in [3.8, 4) is 0 Å². The number of rotatable bonds is 4. The lowest BCUT2D eigenvalue weighted by molar-refractivity contribution is -0.132. The number of amides is 1. The van der Waals surface area contributed by atoms with E-state index < -0.39 is 0 Å². The molecule has 3 heterocycles. The Morgan fingerprint density at radius 2 is 2.10 bits per heavy atom. The molecule has 0 spiro atoms.